The summed E-state index contributed by atoms with van der Waals surface area (Å²) in [5, 5.41) is 3.24. The predicted molar refractivity (Wildman–Crippen MR) is 110 cm³/mol. The van der Waals surface area contributed by atoms with Crippen LogP contribution in [0.4, 0.5) is 10.7 Å². The number of hydrogen-bond acceptors (Lipinski definition) is 6. The minimum absolute atomic E-state index is 0.271. The topological polar surface area (TPSA) is 98.7 Å². The Morgan fingerprint density at radius 3 is 2.37 bits per heavy atom. The molecule has 2 aromatic rings. The Bertz CT molecular complexity index is 962. The fourth-order valence-corrected chi connectivity index (χ4v) is 3.79. The number of hydrogen-bond donors (Lipinski definition) is 1. The lowest BCUT2D eigenvalue weighted by Crippen LogP contribution is -2.52. The molecule has 2 fully saturated rings. The summed E-state index contributed by atoms with van der Waals surface area (Å²) >= 11 is 5.92. The molecule has 1 aromatic carbocycles. The van der Waals surface area contributed by atoms with E-state index in [-0.39, 0.29) is 12.5 Å². The van der Waals surface area contributed by atoms with Crippen molar-refractivity contribution in [3.63, 3.8) is 0 Å². The van der Waals surface area contributed by atoms with Gasteiger partial charge in [0.2, 0.25) is 11.9 Å². The molecule has 0 spiro atoms. The van der Waals surface area contributed by atoms with E-state index >= 15 is 0 Å². The van der Waals surface area contributed by atoms with Crippen molar-refractivity contribution >= 4 is 35.4 Å². The molecule has 30 heavy (non-hydrogen) atoms. The Balaban J connectivity index is 1.39. The molecule has 0 aliphatic carbocycles. The minimum Gasteiger partial charge on any atom is -0.338 e. The van der Waals surface area contributed by atoms with Gasteiger partial charge in [-0.1, -0.05) is 23.7 Å². The highest BCUT2D eigenvalue weighted by Gasteiger charge is 2.49. The second kappa shape index (κ2) is 7.91. The van der Waals surface area contributed by atoms with Crippen molar-refractivity contribution in [1.82, 2.24) is 25.1 Å². The Hall–Kier alpha value is -3.20. The van der Waals surface area contributed by atoms with Gasteiger partial charge in [0.15, 0.2) is 0 Å². The van der Waals surface area contributed by atoms with E-state index in [2.05, 4.69) is 15.3 Å². The van der Waals surface area contributed by atoms with Crippen LogP contribution in [-0.4, -0.2) is 70.3 Å². The van der Waals surface area contributed by atoms with Crippen LogP contribution in [0.15, 0.2) is 42.7 Å². The lowest BCUT2D eigenvalue weighted by atomic mass is 9.92. The summed E-state index contributed by atoms with van der Waals surface area (Å²) in [6, 6.07) is 7.87. The smallest absolute Gasteiger partial charge is 0.325 e. The van der Waals surface area contributed by atoms with E-state index in [1.165, 1.54) is 0 Å². The van der Waals surface area contributed by atoms with Crippen LogP contribution >= 0.6 is 11.6 Å². The number of benzene rings is 1. The highest BCUT2D eigenvalue weighted by molar-refractivity contribution is 6.30. The van der Waals surface area contributed by atoms with Crippen molar-refractivity contribution in [3.05, 3.63) is 53.3 Å². The third-order valence-corrected chi connectivity index (χ3v) is 5.71. The number of amides is 4. The highest BCUT2D eigenvalue weighted by Crippen LogP contribution is 2.29. The number of urea groups is 1. The van der Waals surface area contributed by atoms with Crippen LogP contribution in [0, 0.1) is 0 Å². The van der Waals surface area contributed by atoms with Crippen molar-refractivity contribution < 1.29 is 14.4 Å². The van der Waals surface area contributed by atoms with Crippen molar-refractivity contribution in [3.8, 4) is 0 Å². The zero-order valence-corrected chi connectivity index (χ0v) is 17.2. The molecular weight excluding hydrogens is 408 g/mol. The van der Waals surface area contributed by atoms with E-state index in [4.69, 9.17) is 11.6 Å². The summed E-state index contributed by atoms with van der Waals surface area (Å²) in [5.41, 5.74) is -0.623. The van der Waals surface area contributed by atoms with E-state index in [0.717, 1.165) is 4.90 Å². The number of aromatic nitrogens is 2. The number of imide groups is 1. The maximum atomic E-state index is 13.0. The van der Waals surface area contributed by atoms with E-state index in [1.54, 1.807) is 54.5 Å². The molecule has 156 valence electrons. The van der Waals surface area contributed by atoms with Gasteiger partial charge >= 0.3 is 6.03 Å². The maximum Gasteiger partial charge on any atom is 0.325 e. The third kappa shape index (κ3) is 3.68. The van der Waals surface area contributed by atoms with Crippen LogP contribution in [0.5, 0.6) is 0 Å². The largest absolute Gasteiger partial charge is 0.338 e. The number of rotatable bonds is 4. The molecule has 1 unspecified atom stereocenters. The molecule has 0 bridgehead atoms. The zero-order chi connectivity index (χ0) is 21.3. The first kappa shape index (κ1) is 20.1. The highest BCUT2D eigenvalue weighted by atomic mass is 35.5. The second-order valence-electron chi connectivity index (χ2n) is 7.37. The number of nitrogens with zero attached hydrogens (tertiary/aromatic N) is 5. The molecule has 4 rings (SSSR count). The lowest BCUT2D eigenvalue weighted by Gasteiger charge is -2.35. The SMILES string of the molecule is CC1(c2ccc(Cl)cc2)NC(=O)N(CC(=O)N2CCN(c3ncccn3)CC2)C1=O. The molecule has 10 heteroatoms. The molecule has 1 atom stereocenters. The summed E-state index contributed by atoms with van der Waals surface area (Å²) in [6.45, 7) is 3.43. The van der Waals surface area contributed by atoms with Crippen molar-refractivity contribution in [2.24, 2.45) is 0 Å². The molecule has 1 aromatic heterocycles. The van der Waals surface area contributed by atoms with Gasteiger partial charge in [-0.3, -0.25) is 14.5 Å². The molecular formula is C20H21ClN6O3. The first-order valence-corrected chi connectivity index (χ1v) is 9.96. The standard InChI is InChI=1S/C20H21ClN6O3/c1-20(14-3-5-15(21)6-4-14)17(29)27(19(30)24-20)13-16(28)25-9-11-26(12-10-25)18-22-7-2-8-23-18/h2-8H,9-13H2,1H3,(H,24,30). The van der Waals surface area contributed by atoms with Crippen LogP contribution in [-0.2, 0) is 15.1 Å². The van der Waals surface area contributed by atoms with Gasteiger partial charge in [-0.15, -0.1) is 0 Å². The summed E-state index contributed by atoms with van der Waals surface area (Å²) in [6.07, 6.45) is 3.35. The summed E-state index contributed by atoms with van der Waals surface area (Å²) in [4.78, 5) is 51.3. The molecule has 2 saturated heterocycles. The van der Waals surface area contributed by atoms with Gasteiger partial charge in [-0.25, -0.2) is 14.8 Å². The van der Waals surface area contributed by atoms with Gasteiger partial charge in [0.05, 0.1) is 0 Å². The number of halogens is 1. The molecule has 0 saturated carbocycles. The minimum atomic E-state index is -1.23. The fraction of sp³-hybridized carbons (Fsp3) is 0.350. The number of carbonyl (C=O) groups is 3. The Kier molecular flexibility index (Phi) is 5.29. The Labute approximate surface area is 178 Å². The van der Waals surface area contributed by atoms with Gasteiger partial charge in [-0.2, -0.15) is 0 Å². The number of piperazine rings is 1. The average Bonchev–Trinajstić information content (AvgIpc) is 2.98. The molecule has 2 aliphatic rings. The normalized spacial score (nSPS) is 21.7. The number of carbonyl (C=O) groups excluding carboxylic acids is 3. The van der Waals surface area contributed by atoms with Crippen LogP contribution in [0.3, 0.4) is 0 Å². The van der Waals surface area contributed by atoms with E-state index in [0.29, 0.717) is 42.7 Å². The lowest BCUT2D eigenvalue weighted by molar-refractivity contribution is -0.139. The van der Waals surface area contributed by atoms with Crippen molar-refractivity contribution in [2.45, 2.75) is 12.5 Å². The van der Waals surface area contributed by atoms with Gasteiger partial charge in [-0.05, 0) is 30.7 Å². The van der Waals surface area contributed by atoms with Crippen LogP contribution < -0.4 is 10.2 Å². The summed E-state index contributed by atoms with van der Waals surface area (Å²) in [5.74, 6) is -0.107. The van der Waals surface area contributed by atoms with E-state index in [9.17, 15) is 14.4 Å². The fourth-order valence-electron chi connectivity index (χ4n) is 3.67. The average molecular weight is 429 g/mol. The van der Waals surface area contributed by atoms with E-state index < -0.39 is 17.5 Å². The number of nitrogens with one attached hydrogen (secondary N) is 1. The summed E-state index contributed by atoms with van der Waals surface area (Å²) in [7, 11) is 0. The van der Waals surface area contributed by atoms with Gasteiger partial charge in [0.1, 0.15) is 12.1 Å². The Morgan fingerprint density at radius 2 is 1.73 bits per heavy atom. The maximum absolute atomic E-state index is 13.0. The molecule has 2 aliphatic heterocycles. The first-order chi connectivity index (χ1) is 14.4. The van der Waals surface area contributed by atoms with E-state index in [1.807, 2.05) is 4.90 Å². The zero-order valence-electron chi connectivity index (χ0n) is 16.4. The van der Waals surface area contributed by atoms with Crippen LogP contribution in [0.25, 0.3) is 0 Å². The second-order valence-corrected chi connectivity index (χ2v) is 7.81. The molecule has 9 nitrogen and oxygen atoms in total. The van der Waals surface area contributed by atoms with Gasteiger partial charge < -0.3 is 15.1 Å². The van der Waals surface area contributed by atoms with Crippen molar-refractivity contribution in [1.29, 1.82) is 0 Å². The van der Waals surface area contributed by atoms with Crippen LogP contribution in [0.1, 0.15) is 12.5 Å². The molecule has 4 amide bonds. The third-order valence-electron chi connectivity index (χ3n) is 5.46. The molecule has 3 heterocycles. The van der Waals surface area contributed by atoms with Gasteiger partial charge in [0, 0.05) is 43.6 Å². The van der Waals surface area contributed by atoms with Crippen LogP contribution in [0.2, 0.25) is 5.02 Å². The predicted octanol–water partition coefficient (Wildman–Crippen LogP) is 1.25. The Morgan fingerprint density at radius 1 is 1.10 bits per heavy atom. The monoisotopic (exact) mass is 428 g/mol. The molecule has 0 radical (unpaired) electrons. The quantitative estimate of drug-likeness (QED) is 0.736. The first-order valence-electron chi connectivity index (χ1n) is 9.58. The molecule has 1 N–H and O–H groups in total. The summed E-state index contributed by atoms with van der Waals surface area (Å²) < 4.78 is 0. The van der Waals surface area contributed by atoms with Crippen molar-refractivity contribution in [2.75, 3.05) is 37.6 Å². The number of anilines is 1. The van der Waals surface area contributed by atoms with Gasteiger partial charge in [0.25, 0.3) is 5.91 Å².